The van der Waals surface area contributed by atoms with Crippen LogP contribution in [0, 0.1) is 23.0 Å². The molecule has 6 nitrogen and oxygen atoms in total. The molecule has 30 heavy (non-hydrogen) atoms. The minimum Gasteiger partial charge on any atom is -0.375 e. The van der Waals surface area contributed by atoms with Gasteiger partial charge in [-0.3, -0.25) is 9.59 Å². The quantitative estimate of drug-likeness (QED) is 0.750. The van der Waals surface area contributed by atoms with Gasteiger partial charge in [0.25, 0.3) is 0 Å². The highest BCUT2D eigenvalue weighted by atomic mass is 19.1. The Morgan fingerprint density at radius 3 is 2.70 bits per heavy atom. The number of Topliss-reactive ketones (excluding diaryl/α,β-unsaturated/α-hetero) is 1. The van der Waals surface area contributed by atoms with Crippen molar-refractivity contribution in [1.29, 1.82) is 0 Å². The molecule has 162 valence electrons. The van der Waals surface area contributed by atoms with Crippen molar-refractivity contribution in [2.24, 2.45) is 11.3 Å². The van der Waals surface area contributed by atoms with Gasteiger partial charge in [-0.05, 0) is 30.0 Å². The minimum atomic E-state index is -0.619. The molecule has 8 heteroatoms. The van der Waals surface area contributed by atoms with Crippen molar-refractivity contribution in [3.8, 4) is 11.4 Å². The summed E-state index contributed by atoms with van der Waals surface area (Å²) in [4.78, 5) is 30.0. The molecule has 1 atom stereocenters. The average molecular weight is 419 g/mol. The van der Waals surface area contributed by atoms with Crippen LogP contribution in [0.5, 0.6) is 0 Å². The number of fused-ring (bicyclic) bond motifs is 1. The van der Waals surface area contributed by atoms with Crippen LogP contribution in [-0.2, 0) is 22.7 Å². The topological polar surface area (TPSA) is 73.2 Å². The van der Waals surface area contributed by atoms with Crippen molar-refractivity contribution < 1.29 is 23.1 Å². The molecule has 1 N–H and O–H groups in total. The van der Waals surface area contributed by atoms with Crippen LogP contribution in [0.1, 0.15) is 49.8 Å². The first-order valence-electron chi connectivity index (χ1n) is 10.0. The molecule has 1 aliphatic rings. The van der Waals surface area contributed by atoms with Crippen LogP contribution >= 0.6 is 0 Å². The number of halogens is 2. The Kier molecular flexibility index (Phi) is 6.36. The standard InChI is InChI=1S/C22H27F2N3O3/c1-22(2,3)15(21(29)25-4)11-18(28)19-17-12-30-9-5-8-27(17)20(26-19)14-10-13(23)6-7-16(14)24/h6-7,10,15H,5,8-9,11-12H2,1-4H3,(H,25,29)/t15-/m1/s1. The fraction of sp³-hybridized carbons (Fsp3) is 0.500. The van der Waals surface area contributed by atoms with Gasteiger partial charge in [0.2, 0.25) is 5.91 Å². The second kappa shape index (κ2) is 8.63. The van der Waals surface area contributed by atoms with Crippen LogP contribution in [0.4, 0.5) is 8.78 Å². The molecule has 0 aliphatic carbocycles. The molecule has 0 unspecified atom stereocenters. The molecule has 3 rings (SSSR count). The van der Waals surface area contributed by atoms with Crippen LogP contribution in [0.2, 0.25) is 0 Å². The summed E-state index contributed by atoms with van der Waals surface area (Å²) in [6, 6.07) is 3.16. The maximum atomic E-state index is 14.5. The smallest absolute Gasteiger partial charge is 0.223 e. The Balaban J connectivity index is 2.07. The number of nitrogens with one attached hydrogen (secondary N) is 1. The molecule has 0 spiro atoms. The lowest BCUT2D eigenvalue weighted by Crippen LogP contribution is -2.37. The van der Waals surface area contributed by atoms with Gasteiger partial charge in [-0.1, -0.05) is 20.8 Å². The third-order valence-electron chi connectivity index (χ3n) is 5.41. The maximum absolute atomic E-state index is 14.5. The molecule has 1 aromatic carbocycles. The maximum Gasteiger partial charge on any atom is 0.223 e. The highest BCUT2D eigenvalue weighted by Crippen LogP contribution is 2.33. The minimum absolute atomic E-state index is 0.00382. The molecule has 1 amide bonds. The number of carbonyl (C=O) groups is 2. The van der Waals surface area contributed by atoms with E-state index >= 15 is 0 Å². The number of ketones is 1. The Hall–Kier alpha value is -2.61. The van der Waals surface area contributed by atoms with Crippen molar-refractivity contribution in [3.63, 3.8) is 0 Å². The summed E-state index contributed by atoms with van der Waals surface area (Å²) in [6.45, 7) is 6.78. The normalized spacial score (nSPS) is 15.3. The molecule has 0 fully saturated rings. The Morgan fingerprint density at radius 2 is 2.03 bits per heavy atom. The van der Waals surface area contributed by atoms with E-state index in [1.54, 1.807) is 4.57 Å². The Bertz CT molecular complexity index is 963. The largest absolute Gasteiger partial charge is 0.375 e. The van der Waals surface area contributed by atoms with E-state index in [-0.39, 0.29) is 41.8 Å². The predicted molar refractivity (Wildman–Crippen MR) is 108 cm³/mol. The van der Waals surface area contributed by atoms with E-state index in [0.29, 0.717) is 25.3 Å². The van der Waals surface area contributed by atoms with Crippen molar-refractivity contribution in [2.75, 3.05) is 13.7 Å². The molecular formula is C22H27F2N3O3. The van der Waals surface area contributed by atoms with Gasteiger partial charge in [-0.25, -0.2) is 13.8 Å². The van der Waals surface area contributed by atoms with Gasteiger partial charge >= 0.3 is 0 Å². The summed E-state index contributed by atoms with van der Waals surface area (Å²) in [5, 5.41) is 2.61. The number of ether oxygens (including phenoxy) is 1. The first-order valence-corrected chi connectivity index (χ1v) is 10.0. The van der Waals surface area contributed by atoms with E-state index in [0.717, 1.165) is 18.2 Å². The van der Waals surface area contributed by atoms with Gasteiger partial charge < -0.3 is 14.6 Å². The fourth-order valence-corrected chi connectivity index (χ4v) is 3.71. The molecular weight excluding hydrogens is 392 g/mol. The summed E-state index contributed by atoms with van der Waals surface area (Å²) in [7, 11) is 1.53. The highest BCUT2D eigenvalue weighted by molar-refractivity contribution is 5.98. The number of amides is 1. The Morgan fingerprint density at radius 1 is 1.30 bits per heavy atom. The summed E-state index contributed by atoms with van der Waals surface area (Å²) >= 11 is 0. The fourth-order valence-electron chi connectivity index (χ4n) is 3.71. The summed E-state index contributed by atoms with van der Waals surface area (Å²) in [6.07, 6.45) is 0.613. The Labute approximate surface area is 174 Å². The molecule has 0 radical (unpaired) electrons. The van der Waals surface area contributed by atoms with Crippen LogP contribution in [0.25, 0.3) is 11.4 Å². The van der Waals surface area contributed by atoms with Crippen molar-refractivity contribution >= 4 is 11.7 Å². The highest BCUT2D eigenvalue weighted by Gasteiger charge is 2.35. The predicted octanol–water partition coefficient (Wildman–Crippen LogP) is 3.73. The number of carbonyl (C=O) groups excluding carboxylic acids is 2. The number of imidazole rings is 1. The van der Waals surface area contributed by atoms with E-state index in [1.807, 2.05) is 20.8 Å². The summed E-state index contributed by atoms with van der Waals surface area (Å²) < 4.78 is 35.6. The van der Waals surface area contributed by atoms with E-state index < -0.39 is 23.0 Å². The number of hydrogen-bond acceptors (Lipinski definition) is 4. The zero-order valence-electron chi connectivity index (χ0n) is 17.7. The van der Waals surface area contributed by atoms with E-state index in [1.165, 1.54) is 7.05 Å². The van der Waals surface area contributed by atoms with Gasteiger partial charge in [0, 0.05) is 26.6 Å². The van der Waals surface area contributed by atoms with Crippen LogP contribution in [-0.4, -0.2) is 34.9 Å². The van der Waals surface area contributed by atoms with Gasteiger partial charge in [0.05, 0.1) is 23.8 Å². The molecule has 0 saturated carbocycles. The molecule has 2 aromatic rings. The van der Waals surface area contributed by atoms with Gasteiger partial charge in [0.1, 0.15) is 23.2 Å². The zero-order valence-corrected chi connectivity index (χ0v) is 17.7. The second-order valence-corrected chi connectivity index (χ2v) is 8.57. The zero-order chi connectivity index (χ0) is 22.1. The van der Waals surface area contributed by atoms with Gasteiger partial charge in [-0.2, -0.15) is 0 Å². The van der Waals surface area contributed by atoms with E-state index in [4.69, 9.17) is 4.74 Å². The summed E-state index contributed by atoms with van der Waals surface area (Å²) in [5.74, 6) is -2.12. The third kappa shape index (κ3) is 4.43. The molecule has 1 aromatic heterocycles. The van der Waals surface area contributed by atoms with E-state index in [2.05, 4.69) is 10.3 Å². The number of rotatable bonds is 5. The molecule has 0 bridgehead atoms. The van der Waals surface area contributed by atoms with Gasteiger partial charge in [0.15, 0.2) is 5.78 Å². The first-order chi connectivity index (χ1) is 14.1. The third-order valence-corrected chi connectivity index (χ3v) is 5.41. The SMILES string of the molecule is CNC(=O)[C@@H](CC(=O)c1nc(-c2cc(F)ccc2F)n2c1COCCC2)C(C)(C)C. The first kappa shape index (κ1) is 22.1. The van der Waals surface area contributed by atoms with E-state index in [9.17, 15) is 18.4 Å². The summed E-state index contributed by atoms with van der Waals surface area (Å²) in [5.41, 5.74) is 0.228. The monoisotopic (exact) mass is 419 g/mol. The number of nitrogens with zero attached hydrogens (tertiary/aromatic N) is 2. The average Bonchev–Trinajstić information content (AvgIpc) is 2.87. The molecule has 1 aliphatic heterocycles. The van der Waals surface area contributed by atoms with Crippen LogP contribution in [0.3, 0.4) is 0 Å². The second-order valence-electron chi connectivity index (χ2n) is 8.57. The van der Waals surface area contributed by atoms with Crippen LogP contribution in [0.15, 0.2) is 18.2 Å². The lowest BCUT2D eigenvalue weighted by atomic mass is 9.77. The van der Waals surface area contributed by atoms with Gasteiger partial charge in [-0.15, -0.1) is 0 Å². The number of benzene rings is 1. The number of aromatic nitrogens is 2. The lowest BCUT2D eigenvalue weighted by molar-refractivity contribution is -0.127. The molecule has 2 heterocycles. The van der Waals surface area contributed by atoms with Crippen molar-refractivity contribution in [2.45, 2.75) is 46.8 Å². The van der Waals surface area contributed by atoms with Crippen LogP contribution < -0.4 is 5.32 Å². The van der Waals surface area contributed by atoms with Crippen molar-refractivity contribution in [1.82, 2.24) is 14.9 Å². The number of hydrogen-bond donors (Lipinski definition) is 1. The van der Waals surface area contributed by atoms with Crippen molar-refractivity contribution in [3.05, 3.63) is 41.2 Å². The lowest BCUT2D eigenvalue weighted by Gasteiger charge is -2.28. The molecule has 0 saturated heterocycles.